The summed E-state index contributed by atoms with van der Waals surface area (Å²) in [5.74, 6) is 0.122. The highest BCUT2D eigenvalue weighted by Gasteiger charge is 2.26. The monoisotopic (exact) mass is 358 g/mol. The van der Waals surface area contributed by atoms with Crippen molar-refractivity contribution in [3.05, 3.63) is 41.3 Å². The Kier molecular flexibility index (Phi) is 4.22. The van der Waals surface area contributed by atoms with Crippen LogP contribution in [-0.2, 0) is 0 Å². The lowest BCUT2D eigenvalue weighted by Gasteiger charge is -2.33. The molecular weight excluding hydrogens is 340 g/mol. The molecule has 5 nitrogen and oxygen atoms in total. The SMILES string of the molecule is C[C@@H]1CNCCN1C(=O)c1cc2sc(Nc3ccccc3)nc2s1. The first-order valence-electron chi connectivity index (χ1n) is 7.95. The van der Waals surface area contributed by atoms with Gasteiger partial charge in [0.05, 0.1) is 9.58 Å². The average Bonchev–Trinajstić information content (AvgIpc) is 3.14. The van der Waals surface area contributed by atoms with Crippen LogP contribution in [0.5, 0.6) is 0 Å². The zero-order valence-electron chi connectivity index (χ0n) is 13.3. The predicted octanol–water partition coefficient (Wildman–Crippen LogP) is 3.54. The Hall–Kier alpha value is -1.96. The molecule has 0 saturated carbocycles. The van der Waals surface area contributed by atoms with Gasteiger partial charge in [0.15, 0.2) is 5.13 Å². The van der Waals surface area contributed by atoms with Crippen LogP contribution in [0.2, 0.25) is 0 Å². The summed E-state index contributed by atoms with van der Waals surface area (Å²) in [7, 11) is 0. The van der Waals surface area contributed by atoms with Gasteiger partial charge < -0.3 is 15.5 Å². The third-order valence-corrected chi connectivity index (χ3v) is 6.15. The number of nitrogens with one attached hydrogen (secondary N) is 2. The fourth-order valence-electron chi connectivity index (χ4n) is 2.82. The van der Waals surface area contributed by atoms with E-state index < -0.39 is 0 Å². The summed E-state index contributed by atoms with van der Waals surface area (Å²) >= 11 is 3.06. The molecule has 0 unspecified atom stereocenters. The van der Waals surface area contributed by atoms with Gasteiger partial charge in [0, 0.05) is 31.4 Å². The van der Waals surface area contributed by atoms with Crippen LogP contribution in [0.25, 0.3) is 9.53 Å². The van der Waals surface area contributed by atoms with Gasteiger partial charge in [-0.1, -0.05) is 29.5 Å². The number of piperazine rings is 1. The summed E-state index contributed by atoms with van der Waals surface area (Å²) in [6.07, 6.45) is 0. The highest BCUT2D eigenvalue weighted by Crippen LogP contribution is 2.34. The van der Waals surface area contributed by atoms with Crippen molar-refractivity contribution in [3.8, 4) is 0 Å². The third-order valence-electron chi connectivity index (χ3n) is 4.09. The summed E-state index contributed by atoms with van der Waals surface area (Å²) in [6, 6.07) is 12.2. The van der Waals surface area contributed by atoms with Crippen LogP contribution in [0, 0.1) is 0 Å². The Labute approximate surface area is 148 Å². The number of thiazole rings is 1. The quantitative estimate of drug-likeness (QED) is 0.752. The molecule has 1 fully saturated rings. The molecule has 1 saturated heterocycles. The van der Waals surface area contributed by atoms with Gasteiger partial charge in [0.1, 0.15) is 4.83 Å². The summed E-state index contributed by atoms with van der Waals surface area (Å²) in [6.45, 7) is 4.56. The van der Waals surface area contributed by atoms with Crippen LogP contribution in [0.1, 0.15) is 16.6 Å². The number of anilines is 2. The number of para-hydroxylation sites is 1. The standard InChI is InChI=1S/C17H18N4OS2/c1-11-10-18-7-8-21(11)16(22)14-9-13-15(23-14)20-17(24-13)19-12-5-3-2-4-6-12/h2-6,9,11,18H,7-8,10H2,1H3,(H,19,20)/t11-/m1/s1. The van der Waals surface area contributed by atoms with Crippen molar-refractivity contribution >= 4 is 48.9 Å². The van der Waals surface area contributed by atoms with Gasteiger partial charge in [-0.25, -0.2) is 4.98 Å². The molecule has 4 rings (SSSR count). The van der Waals surface area contributed by atoms with Gasteiger partial charge in [-0.2, -0.15) is 0 Å². The lowest BCUT2D eigenvalue weighted by Crippen LogP contribution is -2.52. The molecule has 7 heteroatoms. The Morgan fingerprint density at radius 1 is 1.33 bits per heavy atom. The number of rotatable bonds is 3. The van der Waals surface area contributed by atoms with E-state index in [1.54, 1.807) is 11.3 Å². The minimum Gasteiger partial charge on any atom is -0.333 e. The number of nitrogens with zero attached hydrogens (tertiary/aromatic N) is 2. The van der Waals surface area contributed by atoms with Gasteiger partial charge in [0.2, 0.25) is 0 Å². The minimum atomic E-state index is 0.122. The van der Waals surface area contributed by atoms with E-state index >= 15 is 0 Å². The Morgan fingerprint density at radius 2 is 2.17 bits per heavy atom. The second-order valence-electron chi connectivity index (χ2n) is 5.84. The predicted molar refractivity (Wildman–Crippen MR) is 101 cm³/mol. The van der Waals surface area contributed by atoms with Crippen LogP contribution < -0.4 is 10.6 Å². The molecule has 1 atom stereocenters. The lowest BCUT2D eigenvalue weighted by molar-refractivity contribution is 0.0661. The van der Waals surface area contributed by atoms with E-state index in [1.165, 1.54) is 11.3 Å². The van der Waals surface area contributed by atoms with E-state index in [9.17, 15) is 4.79 Å². The van der Waals surface area contributed by atoms with E-state index in [1.807, 2.05) is 41.3 Å². The number of carbonyl (C=O) groups is 1. The van der Waals surface area contributed by atoms with Crippen molar-refractivity contribution < 1.29 is 4.79 Å². The smallest absolute Gasteiger partial charge is 0.264 e. The summed E-state index contributed by atoms with van der Waals surface area (Å²) in [5, 5.41) is 7.48. The zero-order chi connectivity index (χ0) is 16.5. The zero-order valence-corrected chi connectivity index (χ0v) is 14.9. The Morgan fingerprint density at radius 3 is 2.92 bits per heavy atom. The molecule has 0 bridgehead atoms. The van der Waals surface area contributed by atoms with Crippen molar-refractivity contribution in [3.63, 3.8) is 0 Å². The van der Waals surface area contributed by atoms with Crippen LogP contribution in [0.15, 0.2) is 36.4 Å². The molecular formula is C17H18N4OS2. The van der Waals surface area contributed by atoms with Gasteiger partial charge in [0.25, 0.3) is 5.91 Å². The van der Waals surface area contributed by atoms with Gasteiger partial charge in [-0.3, -0.25) is 4.79 Å². The maximum absolute atomic E-state index is 12.7. The molecule has 0 spiro atoms. The van der Waals surface area contributed by atoms with Crippen LogP contribution in [0.3, 0.4) is 0 Å². The van der Waals surface area contributed by atoms with E-state index in [-0.39, 0.29) is 11.9 Å². The molecule has 2 N–H and O–H groups in total. The van der Waals surface area contributed by atoms with Crippen molar-refractivity contribution in [1.82, 2.24) is 15.2 Å². The minimum absolute atomic E-state index is 0.122. The highest BCUT2D eigenvalue weighted by atomic mass is 32.1. The number of fused-ring (bicyclic) bond motifs is 1. The molecule has 0 aliphatic carbocycles. The Balaban J connectivity index is 1.54. The molecule has 24 heavy (non-hydrogen) atoms. The number of hydrogen-bond acceptors (Lipinski definition) is 6. The maximum Gasteiger partial charge on any atom is 0.264 e. The van der Waals surface area contributed by atoms with Crippen LogP contribution in [-0.4, -0.2) is 41.5 Å². The highest BCUT2D eigenvalue weighted by molar-refractivity contribution is 7.29. The lowest BCUT2D eigenvalue weighted by atomic mass is 10.2. The number of hydrogen-bond donors (Lipinski definition) is 2. The molecule has 1 aromatic carbocycles. The topological polar surface area (TPSA) is 57.3 Å². The maximum atomic E-state index is 12.7. The molecule has 2 aromatic heterocycles. The first kappa shape index (κ1) is 15.6. The van der Waals surface area contributed by atoms with E-state index in [2.05, 4.69) is 22.5 Å². The molecule has 124 valence electrons. The second kappa shape index (κ2) is 6.51. The molecule has 3 aromatic rings. The van der Waals surface area contributed by atoms with E-state index in [0.717, 1.165) is 44.9 Å². The number of carbonyl (C=O) groups excluding carboxylic acids is 1. The van der Waals surface area contributed by atoms with Gasteiger partial charge in [-0.15, -0.1) is 11.3 Å². The molecule has 1 aliphatic rings. The second-order valence-corrected chi connectivity index (χ2v) is 7.90. The average molecular weight is 358 g/mol. The van der Waals surface area contributed by atoms with Crippen molar-refractivity contribution in [2.75, 3.05) is 25.0 Å². The van der Waals surface area contributed by atoms with Gasteiger partial charge in [-0.05, 0) is 25.1 Å². The fourth-order valence-corrected chi connectivity index (χ4v) is 4.92. The van der Waals surface area contributed by atoms with Crippen LogP contribution in [0.4, 0.5) is 10.8 Å². The summed E-state index contributed by atoms with van der Waals surface area (Å²) < 4.78 is 1.06. The van der Waals surface area contributed by atoms with Crippen molar-refractivity contribution in [2.24, 2.45) is 0 Å². The van der Waals surface area contributed by atoms with Crippen LogP contribution >= 0.6 is 22.7 Å². The largest absolute Gasteiger partial charge is 0.333 e. The molecule has 1 aliphatic heterocycles. The van der Waals surface area contributed by atoms with Crippen molar-refractivity contribution in [1.29, 1.82) is 0 Å². The summed E-state index contributed by atoms with van der Waals surface area (Å²) in [5.41, 5.74) is 1.02. The number of aromatic nitrogens is 1. The number of thiophene rings is 1. The number of amides is 1. The molecule has 0 radical (unpaired) electrons. The van der Waals surface area contributed by atoms with Gasteiger partial charge >= 0.3 is 0 Å². The molecule has 1 amide bonds. The first-order valence-corrected chi connectivity index (χ1v) is 9.58. The summed E-state index contributed by atoms with van der Waals surface area (Å²) in [4.78, 5) is 21.0. The third kappa shape index (κ3) is 3.02. The number of benzene rings is 1. The Bertz CT molecular complexity index is 826. The van der Waals surface area contributed by atoms with E-state index in [0.29, 0.717) is 0 Å². The fraction of sp³-hybridized carbons (Fsp3) is 0.294. The van der Waals surface area contributed by atoms with E-state index in [4.69, 9.17) is 0 Å². The molecule has 3 heterocycles. The van der Waals surface area contributed by atoms with Crippen molar-refractivity contribution in [2.45, 2.75) is 13.0 Å². The first-order chi connectivity index (χ1) is 11.7. The normalized spacial score (nSPS) is 18.0.